The van der Waals surface area contributed by atoms with Crippen molar-refractivity contribution in [2.24, 2.45) is 5.92 Å². The van der Waals surface area contributed by atoms with Crippen molar-refractivity contribution in [2.75, 3.05) is 41.4 Å². The first-order valence-corrected chi connectivity index (χ1v) is 10.3. The fraction of sp³-hybridized carbons (Fsp3) is 0.455. The van der Waals surface area contributed by atoms with Gasteiger partial charge in [-0.2, -0.15) is 0 Å². The highest BCUT2D eigenvalue weighted by Gasteiger charge is 2.32. The predicted octanol–water partition coefficient (Wildman–Crippen LogP) is 3.70. The lowest BCUT2D eigenvalue weighted by Gasteiger charge is -2.31. The van der Waals surface area contributed by atoms with E-state index < -0.39 is 0 Å². The summed E-state index contributed by atoms with van der Waals surface area (Å²) in [4.78, 5) is 22.3. The maximum absolute atomic E-state index is 13.5. The zero-order valence-electron chi connectivity index (χ0n) is 16.1. The van der Waals surface area contributed by atoms with Gasteiger partial charge in [-0.1, -0.05) is 18.9 Å². The molecule has 0 radical (unpaired) electrons. The van der Waals surface area contributed by atoms with Gasteiger partial charge >= 0.3 is 0 Å². The van der Waals surface area contributed by atoms with Crippen LogP contribution in [0.25, 0.3) is 0 Å². The van der Waals surface area contributed by atoms with Gasteiger partial charge in [-0.15, -0.1) is 0 Å². The SMILES string of the molecule is O=C(C1CCCC1)N1Cc2cccnc2Nc2ccc(N3CCOCC3)cc21. The maximum atomic E-state index is 13.5. The van der Waals surface area contributed by atoms with Crippen LogP contribution in [0, 0.1) is 5.92 Å². The first-order valence-electron chi connectivity index (χ1n) is 10.3. The number of hydrogen-bond donors (Lipinski definition) is 1. The normalized spacial score (nSPS) is 19.6. The number of aromatic nitrogens is 1. The Bertz CT molecular complexity index is 873. The van der Waals surface area contributed by atoms with Crippen LogP contribution in [0.4, 0.5) is 22.9 Å². The molecule has 5 rings (SSSR count). The summed E-state index contributed by atoms with van der Waals surface area (Å²) >= 11 is 0. The van der Waals surface area contributed by atoms with Gasteiger partial charge in [0.1, 0.15) is 5.82 Å². The number of amides is 1. The average Bonchev–Trinajstić information content (AvgIpc) is 3.23. The van der Waals surface area contributed by atoms with Crippen LogP contribution < -0.4 is 15.1 Å². The van der Waals surface area contributed by atoms with E-state index in [-0.39, 0.29) is 11.8 Å². The van der Waals surface area contributed by atoms with Crippen molar-refractivity contribution in [3.8, 4) is 0 Å². The van der Waals surface area contributed by atoms with Crippen LogP contribution in [0.5, 0.6) is 0 Å². The molecule has 1 saturated heterocycles. The third kappa shape index (κ3) is 3.22. The number of carbonyl (C=O) groups is 1. The second kappa shape index (κ2) is 7.43. The smallest absolute Gasteiger partial charge is 0.230 e. The second-order valence-corrected chi connectivity index (χ2v) is 7.84. The lowest BCUT2D eigenvalue weighted by atomic mass is 10.1. The highest BCUT2D eigenvalue weighted by atomic mass is 16.5. The van der Waals surface area contributed by atoms with Crippen molar-refractivity contribution in [1.82, 2.24) is 4.98 Å². The van der Waals surface area contributed by atoms with Gasteiger partial charge in [0.2, 0.25) is 5.91 Å². The molecule has 1 aromatic heterocycles. The van der Waals surface area contributed by atoms with Gasteiger partial charge < -0.3 is 19.9 Å². The number of ether oxygens (including phenoxy) is 1. The van der Waals surface area contributed by atoms with Crippen LogP contribution in [0.1, 0.15) is 31.2 Å². The monoisotopic (exact) mass is 378 g/mol. The molecule has 3 heterocycles. The molecule has 1 aromatic carbocycles. The highest BCUT2D eigenvalue weighted by molar-refractivity contribution is 6.00. The molecule has 0 atom stereocenters. The van der Waals surface area contributed by atoms with Crippen molar-refractivity contribution in [1.29, 1.82) is 0 Å². The first kappa shape index (κ1) is 17.5. The quantitative estimate of drug-likeness (QED) is 0.864. The second-order valence-electron chi connectivity index (χ2n) is 7.84. The Kier molecular flexibility index (Phi) is 4.64. The molecule has 28 heavy (non-hydrogen) atoms. The summed E-state index contributed by atoms with van der Waals surface area (Å²) in [6.45, 7) is 3.81. The molecule has 3 aliphatic rings. The summed E-state index contributed by atoms with van der Waals surface area (Å²) in [7, 11) is 0. The summed E-state index contributed by atoms with van der Waals surface area (Å²) in [5.41, 5.74) is 4.10. The van der Waals surface area contributed by atoms with Crippen molar-refractivity contribution < 1.29 is 9.53 Å². The molecule has 1 amide bonds. The third-order valence-electron chi connectivity index (χ3n) is 6.09. The van der Waals surface area contributed by atoms with Gasteiger partial charge in [0.05, 0.1) is 31.1 Å². The number of rotatable bonds is 2. The number of nitrogens with one attached hydrogen (secondary N) is 1. The van der Waals surface area contributed by atoms with Crippen molar-refractivity contribution in [3.63, 3.8) is 0 Å². The summed E-state index contributed by atoms with van der Waals surface area (Å²) in [6.07, 6.45) is 6.10. The Morgan fingerprint density at radius 3 is 2.79 bits per heavy atom. The number of morpholine rings is 1. The Morgan fingerprint density at radius 2 is 1.96 bits per heavy atom. The Balaban J connectivity index is 1.55. The molecule has 0 unspecified atom stereocenters. The van der Waals surface area contributed by atoms with E-state index in [4.69, 9.17) is 4.74 Å². The number of carbonyl (C=O) groups excluding carboxylic acids is 1. The molecular weight excluding hydrogens is 352 g/mol. The number of pyridine rings is 1. The van der Waals surface area contributed by atoms with Gasteiger partial charge in [0.25, 0.3) is 0 Å². The van der Waals surface area contributed by atoms with Gasteiger partial charge in [-0.05, 0) is 37.1 Å². The summed E-state index contributed by atoms with van der Waals surface area (Å²) in [5.74, 6) is 1.22. The van der Waals surface area contributed by atoms with Gasteiger partial charge in [0, 0.05) is 36.5 Å². The van der Waals surface area contributed by atoms with Crippen molar-refractivity contribution in [2.45, 2.75) is 32.2 Å². The summed E-state index contributed by atoms with van der Waals surface area (Å²) < 4.78 is 5.50. The minimum atomic E-state index is 0.137. The van der Waals surface area contributed by atoms with Gasteiger partial charge in [-0.3, -0.25) is 4.79 Å². The van der Waals surface area contributed by atoms with Crippen LogP contribution in [0.3, 0.4) is 0 Å². The molecule has 1 aliphatic carbocycles. The number of hydrogen-bond acceptors (Lipinski definition) is 5. The predicted molar refractivity (Wildman–Crippen MR) is 110 cm³/mol. The fourth-order valence-electron chi connectivity index (χ4n) is 4.52. The molecule has 6 heteroatoms. The van der Waals surface area contributed by atoms with Crippen LogP contribution in [-0.4, -0.2) is 37.2 Å². The summed E-state index contributed by atoms with van der Waals surface area (Å²) in [5, 5.41) is 3.46. The number of benzene rings is 1. The molecule has 2 fully saturated rings. The minimum absolute atomic E-state index is 0.137. The standard InChI is InChI=1S/C22H26N4O2/c27-22(16-4-1-2-5-16)26-15-17-6-3-9-23-21(17)24-19-8-7-18(14-20(19)26)25-10-12-28-13-11-25/h3,6-9,14,16H,1-2,4-5,10-13,15H2,(H,23,24). The van der Waals surface area contributed by atoms with Crippen molar-refractivity contribution >= 4 is 28.8 Å². The zero-order chi connectivity index (χ0) is 18.9. The lowest BCUT2D eigenvalue weighted by molar-refractivity contribution is -0.122. The number of fused-ring (bicyclic) bond motifs is 2. The fourth-order valence-corrected chi connectivity index (χ4v) is 4.52. The van der Waals surface area contributed by atoms with E-state index in [1.54, 1.807) is 6.20 Å². The topological polar surface area (TPSA) is 57.7 Å². The molecule has 1 N–H and O–H groups in total. The Morgan fingerprint density at radius 1 is 1.14 bits per heavy atom. The number of anilines is 4. The molecule has 6 nitrogen and oxygen atoms in total. The van der Waals surface area contributed by atoms with Crippen LogP contribution in [0.15, 0.2) is 36.5 Å². The Hall–Kier alpha value is -2.60. The molecule has 146 valence electrons. The van der Waals surface area contributed by atoms with Gasteiger partial charge in [-0.25, -0.2) is 4.98 Å². The average molecular weight is 378 g/mol. The first-order chi connectivity index (χ1) is 13.8. The number of nitrogens with zero attached hydrogens (tertiary/aromatic N) is 3. The van der Waals surface area contributed by atoms with Crippen LogP contribution in [-0.2, 0) is 16.1 Å². The van der Waals surface area contributed by atoms with E-state index in [1.165, 1.54) is 0 Å². The van der Waals surface area contributed by atoms with E-state index in [1.807, 2.05) is 11.0 Å². The minimum Gasteiger partial charge on any atom is -0.378 e. The Labute approximate surface area is 165 Å². The highest BCUT2D eigenvalue weighted by Crippen LogP contribution is 2.39. The molecule has 0 spiro atoms. The molecular formula is C22H26N4O2. The van der Waals surface area contributed by atoms with Crippen LogP contribution >= 0.6 is 0 Å². The summed E-state index contributed by atoms with van der Waals surface area (Å²) in [6, 6.07) is 10.4. The molecule has 2 aromatic rings. The van der Waals surface area contributed by atoms with E-state index in [9.17, 15) is 4.79 Å². The van der Waals surface area contributed by atoms with E-state index in [0.717, 1.165) is 80.4 Å². The van der Waals surface area contributed by atoms with E-state index in [0.29, 0.717) is 6.54 Å². The van der Waals surface area contributed by atoms with E-state index in [2.05, 4.69) is 39.5 Å². The zero-order valence-corrected chi connectivity index (χ0v) is 16.1. The lowest BCUT2D eigenvalue weighted by Crippen LogP contribution is -2.37. The van der Waals surface area contributed by atoms with E-state index >= 15 is 0 Å². The molecule has 2 aliphatic heterocycles. The third-order valence-corrected chi connectivity index (χ3v) is 6.09. The maximum Gasteiger partial charge on any atom is 0.230 e. The molecule has 1 saturated carbocycles. The largest absolute Gasteiger partial charge is 0.378 e. The van der Waals surface area contributed by atoms with Gasteiger partial charge in [0.15, 0.2) is 0 Å². The molecule has 0 bridgehead atoms. The van der Waals surface area contributed by atoms with Crippen LogP contribution in [0.2, 0.25) is 0 Å². The van der Waals surface area contributed by atoms with Crippen molar-refractivity contribution in [3.05, 3.63) is 42.1 Å².